The van der Waals surface area contributed by atoms with Gasteiger partial charge in [-0.25, -0.2) is 0 Å². The highest BCUT2D eigenvalue weighted by molar-refractivity contribution is 5.93. The fourth-order valence-electron chi connectivity index (χ4n) is 1.72. The molecule has 18 heavy (non-hydrogen) atoms. The predicted molar refractivity (Wildman–Crippen MR) is 72.2 cm³/mol. The average Bonchev–Trinajstić information content (AvgIpc) is 2.39. The molecule has 100 valence electrons. The third kappa shape index (κ3) is 3.65. The van der Waals surface area contributed by atoms with Crippen LogP contribution in [0.3, 0.4) is 0 Å². The molecule has 1 atom stereocenters. The van der Waals surface area contributed by atoms with Gasteiger partial charge in [0, 0.05) is 12.0 Å². The van der Waals surface area contributed by atoms with Crippen LogP contribution in [0.1, 0.15) is 26.7 Å². The monoisotopic (exact) mass is 251 g/mol. The van der Waals surface area contributed by atoms with Gasteiger partial charge in [0.1, 0.15) is 11.5 Å². The average molecular weight is 251 g/mol. The van der Waals surface area contributed by atoms with Gasteiger partial charge in [-0.2, -0.15) is 0 Å². The molecule has 0 unspecified atom stereocenters. The summed E-state index contributed by atoms with van der Waals surface area (Å²) < 4.78 is 10.3. The van der Waals surface area contributed by atoms with Gasteiger partial charge in [0.15, 0.2) is 0 Å². The Kier molecular flexibility index (Phi) is 5.49. The zero-order chi connectivity index (χ0) is 13.5. The largest absolute Gasteiger partial charge is 0.497 e. The van der Waals surface area contributed by atoms with Crippen LogP contribution in [0.4, 0.5) is 5.69 Å². The van der Waals surface area contributed by atoms with Crippen LogP contribution in [0.2, 0.25) is 0 Å². The van der Waals surface area contributed by atoms with Gasteiger partial charge in [-0.15, -0.1) is 0 Å². The number of benzene rings is 1. The molecule has 1 rings (SSSR count). The van der Waals surface area contributed by atoms with Crippen LogP contribution in [0.25, 0.3) is 0 Å². The van der Waals surface area contributed by atoms with Crippen molar-refractivity contribution in [1.29, 1.82) is 0 Å². The van der Waals surface area contributed by atoms with Crippen molar-refractivity contribution in [2.75, 3.05) is 19.5 Å². The topological polar surface area (TPSA) is 47.6 Å². The van der Waals surface area contributed by atoms with E-state index in [9.17, 15) is 4.79 Å². The van der Waals surface area contributed by atoms with Crippen LogP contribution < -0.4 is 14.8 Å². The fraction of sp³-hybridized carbons (Fsp3) is 0.500. The number of hydrogen-bond acceptors (Lipinski definition) is 3. The Morgan fingerprint density at radius 2 is 2.06 bits per heavy atom. The Morgan fingerprint density at radius 1 is 1.33 bits per heavy atom. The van der Waals surface area contributed by atoms with Crippen LogP contribution in [-0.4, -0.2) is 20.1 Å². The van der Waals surface area contributed by atoms with E-state index in [1.165, 1.54) is 0 Å². The standard InChI is InChI=1S/C14H21NO3/c1-5-6-10(2)14(16)15-12-8-7-11(17-3)9-13(12)18-4/h7-10H,5-6H2,1-4H3,(H,15,16)/t10-/m0/s1. The maximum atomic E-state index is 11.9. The molecule has 1 aromatic rings. The first-order valence-electron chi connectivity index (χ1n) is 6.15. The zero-order valence-electron chi connectivity index (χ0n) is 11.4. The van der Waals surface area contributed by atoms with E-state index in [0.717, 1.165) is 12.8 Å². The number of rotatable bonds is 6. The molecule has 0 bridgehead atoms. The molecule has 0 aliphatic carbocycles. The highest BCUT2D eigenvalue weighted by Gasteiger charge is 2.14. The first-order chi connectivity index (χ1) is 8.62. The quantitative estimate of drug-likeness (QED) is 0.845. The van der Waals surface area contributed by atoms with Crippen LogP contribution >= 0.6 is 0 Å². The first kappa shape index (κ1) is 14.4. The molecule has 0 spiro atoms. The fourth-order valence-corrected chi connectivity index (χ4v) is 1.72. The molecule has 4 nitrogen and oxygen atoms in total. The second-order valence-electron chi connectivity index (χ2n) is 4.25. The van der Waals surface area contributed by atoms with Gasteiger partial charge in [-0.1, -0.05) is 20.3 Å². The summed E-state index contributed by atoms with van der Waals surface area (Å²) in [5, 5.41) is 2.88. The molecule has 1 N–H and O–H groups in total. The van der Waals surface area contributed by atoms with Crippen molar-refractivity contribution in [3.05, 3.63) is 18.2 Å². The van der Waals surface area contributed by atoms with Crippen LogP contribution in [0.5, 0.6) is 11.5 Å². The van der Waals surface area contributed by atoms with Crippen molar-refractivity contribution >= 4 is 11.6 Å². The number of hydrogen-bond donors (Lipinski definition) is 1. The SMILES string of the molecule is CCC[C@H](C)C(=O)Nc1ccc(OC)cc1OC. The number of carbonyl (C=O) groups is 1. The summed E-state index contributed by atoms with van der Waals surface area (Å²) in [5.41, 5.74) is 0.672. The number of amides is 1. The molecule has 0 aliphatic heterocycles. The Morgan fingerprint density at radius 3 is 2.61 bits per heavy atom. The molecule has 1 amide bonds. The lowest BCUT2D eigenvalue weighted by atomic mass is 10.1. The molecule has 0 radical (unpaired) electrons. The number of anilines is 1. The normalized spacial score (nSPS) is 11.8. The minimum Gasteiger partial charge on any atom is -0.497 e. The van der Waals surface area contributed by atoms with E-state index < -0.39 is 0 Å². The third-order valence-corrected chi connectivity index (χ3v) is 2.84. The third-order valence-electron chi connectivity index (χ3n) is 2.84. The number of ether oxygens (including phenoxy) is 2. The molecule has 0 aliphatic rings. The second kappa shape index (κ2) is 6.89. The number of methoxy groups -OCH3 is 2. The Bertz CT molecular complexity index is 404. The van der Waals surface area contributed by atoms with Gasteiger partial charge in [-0.3, -0.25) is 4.79 Å². The summed E-state index contributed by atoms with van der Waals surface area (Å²) in [6, 6.07) is 5.33. The molecule has 0 aromatic heterocycles. The lowest BCUT2D eigenvalue weighted by molar-refractivity contribution is -0.119. The van der Waals surface area contributed by atoms with Gasteiger partial charge < -0.3 is 14.8 Å². The minimum absolute atomic E-state index is 0.00167. The van der Waals surface area contributed by atoms with Gasteiger partial charge in [0.2, 0.25) is 5.91 Å². The Balaban J connectivity index is 2.80. The lowest BCUT2D eigenvalue weighted by Gasteiger charge is -2.14. The predicted octanol–water partition coefficient (Wildman–Crippen LogP) is 3.08. The molecular weight excluding hydrogens is 230 g/mol. The molecule has 1 aromatic carbocycles. The van der Waals surface area contributed by atoms with Crippen LogP contribution in [0, 0.1) is 5.92 Å². The van der Waals surface area contributed by atoms with Crippen molar-refractivity contribution < 1.29 is 14.3 Å². The van der Waals surface area contributed by atoms with Crippen molar-refractivity contribution in [1.82, 2.24) is 0 Å². The maximum absolute atomic E-state index is 11.9. The van der Waals surface area contributed by atoms with E-state index in [1.807, 2.05) is 6.92 Å². The van der Waals surface area contributed by atoms with Gasteiger partial charge in [0.05, 0.1) is 19.9 Å². The van der Waals surface area contributed by atoms with E-state index in [4.69, 9.17) is 9.47 Å². The zero-order valence-corrected chi connectivity index (χ0v) is 11.4. The van der Waals surface area contributed by atoms with E-state index in [0.29, 0.717) is 17.2 Å². The van der Waals surface area contributed by atoms with E-state index in [-0.39, 0.29) is 11.8 Å². The highest BCUT2D eigenvalue weighted by atomic mass is 16.5. The lowest BCUT2D eigenvalue weighted by Crippen LogP contribution is -2.20. The van der Waals surface area contributed by atoms with Crippen LogP contribution in [0.15, 0.2) is 18.2 Å². The maximum Gasteiger partial charge on any atom is 0.227 e. The van der Waals surface area contributed by atoms with Gasteiger partial charge >= 0.3 is 0 Å². The summed E-state index contributed by atoms with van der Waals surface area (Å²) >= 11 is 0. The number of carbonyl (C=O) groups excluding carboxylic acids is 1. The van der Waals surface area contributed by atoms with Crippen molar-refractivity contribution in [2.24, 2.45) is 5.92 Å². The van der Waals surface area contributed by atoms with Crippen molar-refractivity contribution in [3.63, 3.8) is 0 Å². The van der Waals surface area contributed by atoms with E-state index >= 15 is 0 Å². The van der Waals surface area contributed by atoms with E-state index in [1.54, 1.807) is 32.4 Å². The molecule has 0 heterocycles. The Hall–Kier alpha value is -1.71. The molecule has 0 saturated carbocycles. The summed E-state index contributed by atoms with van der Waals surface area (Å²) in [5.74, 6) is 1.32. The molecular formula is C14H21NO3. The van der Waals surface area contributed by atoms with Gasteiger partial charge in [-0.05, 0) is 18.6 Å². The summed E-state index contributed by atoms with van der Waals surface area (Å²) in [6.45, 7) is 3.99. The summed E-state index contributed by atoms with van der Waals surface area (Å²) in [6.07, 6.45) is 1.87. The second-order valence-corrected chi connectivity index (χ2v) is 4.25. The van der Waals surface area contributed by atoms with Crippen molar-refractivity contribution in [3.8, 4) is 11.5 Å². The van der Waals surface area contributed by atoms with Crippen molar-refractivity contribution in [2.45, 2.75) is 26.7 Å². The van der Waals surface area contributed by atoms with Crippen LogP contribution in [-0.2, 0) is 4.79 Å². The number of nitrogens with one attached hydrogen (secondary N) is 1. The minimum atomic E-state index is 0.00167. The molecule has 0 fully saturated rings. The summed E-state index contributed by atoms with van der Waals surface area (Å²) in [7, 11) is 3.16. The summed E-state index contributed by atoms with van der Waals surface area (Å²) in [4.78, 5) is 11.9. The molecule has 4 heteroatoms. The Labute approximate surface area is 108 Å². The molecule has 0 saturated heterocycles. The first-order valence-corrected chi connectivity index (χ1v) is 6.15. The van der Waals surface area contributed by atoms with Gasteiger partial charge in [0.25, 0.3) is 0 Å². The highest BCUT2D eigenvalue weighted by Crippen LogP contribution is 2.29. The smallest absolute Gasteiger partial charge is 0.227 e. The van der Waals surface area contributed by atoms with E-state index in [2.05, 4.69) is 12.2 Å².